The number of amides is 1. The summed E-state index contributed by atoms with van der Waals surface area (Å²) in [4.78, 5) is 23.4. The van der Waals surface area contributed by atoms with Gasteiger partial charge in [0.2, 0.25) is 0 Å². The first kappa shape index (κ1) is 20.5. The number of piperazine rings is 1. The number of pyridine rings is 1. The summed E-state index contributed by atoms with van der Waals surface area (Å²) in [5.74, 6) is 1.72. The van der Waals surface area contributed by atoms with Gasteiger partial charge in [-0.25, -0.2) is 9.78 Å². The van der Waals surface area contributed by atoms with Crippen LogP contribution in [0.3, 0.4) is 0 Å². The quantitative estimate of drug-likeness (QED) is 0.819. The lowest BCUT2D eigenvalue weighted by molar-refractivity contribution is 0.0666. The summed E-state index contributed by atoms with van der Waals surface area (Å²) in [6.45, 7) is 6.82. The molecule has 2 aliphatic heterocycles. The van der Waals surface area contributed by atoms with E-state index in [4.69, 9.17) is 10.5 Å². The number of nitrogen functional groups attached to an aromatic ring is 1. The largest absolute Gasteiger partial charge is 0.445 e. The third-order valence-corrected chi connectivity index (χ3v) is 6.06. The number of carbonyl (C=O) groups is 1. The molecule has 2 aromatic rings. The molecule has 0 atom stereocenters. The minimum atomic E-state index is -0.206. The van der Waals surface area contributed by atoms with Crippen molar-refractivity contribution >= 4 is 17.6 Å². The molecule has 3 heterocycles. The molecule has 2 fully saturated rings. The van der Waals surface area contributed by atoms with Crippen LogP contribution in [0.25, 0.3) is 0 Å². The number of ether oxygens (including phenoxy) is 1. The van der Waals surface area contributed by atoms with Gasteiger partial charge in [-0.05, 0) is 36.5 Å². The fourth-order valence-electron chi connectivity index (χ4n) is 4.22. The summed E-state index contributed by atoms with van der Waals surface area (Å²) in [5.41, 5.74) is 7.46. The molecule has 0 radical (unpaired) electrons. The van der Waals surface area contributed by atoms with Crippen LogP contribution in [0.5, 0.6) is 0 Å². The van der Waals surface area contributed by atoms with Crippen LogP contribution in [0.4, 0.5) is 16.3 Å². The fraction of sp³-hybridized carbons (Fsp3) is 0.478. The summed E-state index contributed by atoms with van der Waals surface area (Å²) in [5, 5.41) is 0. The van der Waals surface area contributed by atoms with Gasteiger partial charge >= 0.3 is 6.09 Å². The van der Waals surface area contributed by atoms with Crippen LogP contribution in [0.15, 0.2) is 48.7 Å². The van der Waals surface area contributed by atoms with Crippen molar-refractivity contribution in [2.45, 2.75) is 19.4 Å². The number of benzene rings is 1. The van der Waals surface area contributed by atoms with E-state index in [-0.39, 0.29) is 6.09 Å². The Balaban J connectivity index is 1.15. The van der Waals surface area contributed by atoms with Crippen molar-refractivity contribution in [1.82, 2.24) is 14.8 Å². The summed E-state index contributed by atoms with van der Waals surface area (Å²) < 4.78 is 5.46. The second-order valence-electron chi connectivity index (χ2n) is 8.21. The standard InChI is InChI=1S/C23H31N5O2/c24-21-6-7-22(25-16-21)27-10-8-19(9-11-27)17-26-12-14-28(15-13-26)23(29)30-18-20-4-2-1-3-5-20/h1-7,16,19H,8-15,17-18,24H2. The molecule has 2 aliphatic rings. The Kier molecular flexibility index (Phi) is 6.69. The summed E-state index contributed by atoms with van der Waals surface area (Å²) in [6, 6.07) is 13.7. The zero-order valence-corrected chi connectivity index (χ0v) is 17.4. The van der Waals surface area contributed by atoms with E-state index in [1.807, 2.05) is 47.4 Å². The lowest BCUT2D eigenvalue weighted by atomic mass is 9.96. The van der Waals surface area contributed by atoms with E-state index in [0.717, 1.165) is 57.2 Å². The van der Waals surface area contributed by atoms with Crippen LogP contribution in [0, 0.1) is 5.92 Å². The Hall–Kier alpha value is -2.80. The van der Waals surface area contributed by atoms with Crippen LogP contribution >= 0.6 is 0 Å². The molecule has 2 N–H and O–H groups in total. The highest BCUT2D eigenvalue weighted by Crippen LogP contribution is 2.23. The molecule has 0 saturated carbocycles. The SMILES string of the molecule is Nc1ccc(N2CCC(CN3CCN(C(=O)OCc4ccccc4)CC3)CC2)nc1. The average Bonchev–Trinajstić information content (AvgIpc) is 2.80. The van der Waals surface area contributed by atoms with E-state index in [2.05, 4.69) is 14.8 Å². The second kappa shape index (κ2) is 9.80. The van der Waals surface area contributed by atoms with Gasteiger partial charge in [0.15, 0.2) is 0 Å². The minimum absolute atomic E-state index is 0.206. The monoisotopic (exact) mass is 409 g/mol. The molecule has 1 aromatic heterocycles. The van der Waals surface area contributed by atoms with Crippen LogP contribution in [0.1, 0.15) is 18.4 Å². The van der Waals surface area contributed by atoms with E-state index in [1.165, 1.54) is 12.8 Å². The number of hydrogen-bond donors (Lipinski definition) is 1. The maximum Gasteiger partial charge on any atom is 0.410 e. The lowest BCUT2D eigenvalue weighted by Crippen LogP contribution is -2.50. The van der Waals surface area contributed by atoms with Crippen molar-refractivity contribution in [3.8, 4) is 0 Å². The van der Waals surface area contributed by atoms with Crippen molar-refractivity contribution in [1.29, 1.82) is 0 Å². The van der Waals surface area contributed by atoms with Gasteiger partial charge in [0.05, 0.1) is 11.9 Å². The van der Waals surface area contributed by atoms with Gasteiger partial charge in [-0.3, -0.25) is 4.90 Å². The molecule has 160 valence electrons. The second-order valence-corrected chi connectivity index (χ2v) is 8.21. The lowest BCUT2D eigenvalue weighted by Gasteiger charge is -2.38. The number of aromatic nitrogens is 1. The smallest absolute Gasteiger partial charge is 0.410 e. The molecule has 0 aliphatic carbocycles. The number of piperidine rings is 1. The van der Waals surface area contributed by atoms with E-state index in [0.29, 0.717) is 18.2 Å². The van der Waals surface area contributed by atoms with E-state index in [9.17, 15) is 4.79 Å². The number of rotatable bonds is 5. The Morgan fingerprint density at radius 3 is 2.40 bits per heavy atom. The first-order valence-corrected chi connectivity index (χ1v) is 10.8. The van der Waals surface area contributed by atoms with Crippen LogP contribution in [-0.2, 0) is 11.3 Å². The zero-order valence-electron chi connectivity index (χ0n) is 17.4. The van der Waals surface area contributed by atoms with Gasteiger partial charge in [-0.2, -0.15) is 0 Å². The third kappa shape index (κ3) is 5.42. The average molecular weight is 410 g/mol. The highest BCUT2D eigenvalue weighted by molar-refractivity contribution is 5.67. The minimum Gasteiger partial charge on any atom is -0.445 e. The first-order valence-electron chi connectivity index (χ1n) is 10.8. The van der Waals surface area contributed by atoms with Crippen molar-refractivity contribution in [3.05, 3.63) is 54.2 Å². The Morgan fingerprint density at radius 1 is 1.00 bits per heavy atom. The van der Waals surface area contributed by atoms with Crippen molar-refractivity contribution < 1.29 is 9.53 Å². The molecule has 4 rings (SSSR count). The number of anilines is 2. The van der Waals surface area contributed by atoms with Crippen molar-refractivity contribution in [2.75, 3.05) is 56.4 Å². The number of nitrogens with zero attached hydrogens (tertiary/aromatic N) is 4. The first-order chi connectivity index (χ1) is 14.7. The fourth-order valence-corrected chi connectivity index (χ4v) is 4.22. The molecule has 0 unspecified atom stereocenters. The highest BCUT2D eigenvalue weighted by atomic mass is 16.6. The van der Waals surface area contributed by atoms with Crippen molar-refractivity contribution in [3.63, 3.8) is 0 Å². The normalized spacial score (nSPS) is 18.4. The topological polar surface area (TPSA) is 74.9 Å². The van der Waals surface area contributed by atoms with E-state index in [1.54, 1.807) is 6.20 Å². The van der Waals surface area contributed by atoms with E-state index < -0.39 is 0 Å². The molecule has 0 bridgehead atoms. The highest BCUT2D eigenvalue weighted by Gasteiger charge is 2.26. The Morgan fingerprint density at radius 2 is 1.73 bits per heavy atom. The van der Waals surface area contributed by atoms with E-state index >= 15 is 0 Å². The van der Waals surface area contributed by atoms with Gasteiger partial charge in [-0.15, -0.1) is 0 Å². The molecule has 1 amide bonds. The summed E-state index contributed by atoms with van der Waals surface area (Å²) in [7, 11) is 0. The number of nitrogens with two attached hydrogens (primary N) is 1. The van der Waals surface area contributed by atoms with Gasteiger partial charge in [-0.1, -0.05) is 30.3 Å². The number of carbonyl (C=O) groups excluding carboxylic acids is 1. The van der Waals surface area contributed by atoms with Gasteiger partial charge in [0, 0.05) is 45.8 Å². The molecule has 7 heteroatoms. The molecule has 0 spiro atoms. The molecular formula is C23H31N5O2. The molecular weight excluding hydrogens is 378 g/mol. The van der Waals surface area contributed by atoms with Gasteiger partial charge in [0.25, 0.3) is 0 Å². The maximum atomic E-state index is 12.3. The van der Waals surface area contributed by atoms with Crippen LogP contribution in [0.2, 0.25) is 0 Å². The molecule has 1 aromatic carbocycles. The molecule has 7 nitrogen and oxygen atoms in total. The Labute approximate surface area is 178 Å². The summed E-state index contributed by atoms with van der Waals surface area (Å²) >= 11 is 0. The Bertz CT molecular complexity index is 798. The van der Waals surface area contributed by atoms with Gasteiger partial charge < -0.3 is 20.3 Å². The third-order valence-electron chi connectivity index (χ3n) is 6.06. The predicted octanol–water partition coefficient (Wildman–Crippen LogP) is 2.83. The maximum absolute atomic E-state index is 12.3. The zero-order chi connectivity index (χ0) is 20.8. The molecule has 30 heavy (non-hydrogen) atoms. The van der Waals surface area contributed by atoms with Crippen LogP contribution in [-0.4, -0.2) is 66.7 Å². The number of hydrogen-bond acceptors (Lipinski definition) is 6. The van der Waals surface area contributed by atoms with Crippen molar-refractivity contribution in [2.24, 2.45) is 5.92 Å². The molecule has 2 saturated heterocycles. The predicted molar refractivity (Wildman–Crippen MR) is 118 cm³/mol. The summed E-state index contributed by atoms with van der Waals surface area (Å²) in [6.07, 6.45) is 3.87. The van der Waals surface area contributed by atoms with Crippen LogP contribution < -0.4 is 10.6 Å². The van der Waals surface area contributed by atoms with Gasteiger partial charge in [0.1, 0.15) is 12.4 Å².